The van der Waals surface area contributed by atoms with Gasteiger partial charge in [-0.15, -0.1) is 0 Å². The molecular formula is C15H28INO2. The maximum Gasteiger partial charge on any atom is 0.219 e. The van der Waals surface area contributed by atoms with Crippen LogP contribution in [0, 0.1) is 0 Å². The summed E-state index contributed by atoms with van der Waals surface area (Å²) in [7, 11) is 0. The van der Waals surface area contributed by atoms with E-state index < -0.39 is 0 Å². The van der Waals surface area contributed by atoms with Crippen molar-refractivity contribution in [2.45, 2.75) is 71.1 Å². The lowest BCUT2D eigenvalue weighted by molar-refractivity contribution is -0.121. The number of amides is 1. The van der Waals surface area contributed by atoms with Gasteiger partial charge in [-0.2, -0.15) is 0 Å². The number of hydrogen-bond donors (Lipinski definition) is 1. The molecule has 0 fully saturated rings. The molecule has 0 atom stereocenters. The highest BCUT2D eigenvalue weighted by Crippen LogP contribution is 2.09. The molecule has 0 spiro atoms. The summed E-state index contributed by atoms with van der Waals surface area (Å²) in [6.07, 6.45) is 9.80. The monoisotopic (exact) mass is 381 g/mol. The molecular weight excluding hydrogens is 353 g/mol. The van der Waals surface area contributed by atoms with E-state index in [2.05, 4.69) is 27.9 Å². The van der Waals surface area contributed by atoms with Crippen molar-refractivity contribution in [1.82, 2.24) is 5.32 Å². The molecule has 112 valence electrons. The van der Waals surface area contributed by atoms with Crippen molar-refractivity contribution < 1.29 is 9.59 Å². The minimum Gasteiger partial charge on any atom is -0.356 e. The zero-order valence-corrected chi connectivity index (χ0v) is 14.3. The number of halogens is 1. The minimum absolute atomic E-state index is 0.193. The van der Waals surface area contributed by atoms with Crippen LogP contribution >= 0.6 is 22.6 Å². The Hall–Kier alpha value is -0.130. The van der Waals surface area contributed by atoms with Gasteiger partial charge in [0.25, 0.3) is 0 Å². The number of alkyl halides is 1. The van der Waals surface area contributed by atoms with Crippen LogP contribution in [0.4, 0.5) is 0 Å². The van der Waals surface area contributed by atoms with Crippen molar-refractivity contribution in [2.24, 2.45) is 0 Å². The molecule has 0 aliphatic rings. The number of carbonyl (C=O) groups is 2. The van der Waals surface area contributed by atoms with Crippen LogP contribution in [-0.4, -0.2) is 22.7 Å². The highest BCUT2D eigenvalue weighted by atomic mass is 127. The first-order valence-corrected chi connectivity index (χ1v) is 9.07. The van der Waals surface area contributed by atoms with Crippen LogP contribution in [0.1, 0.15) is 71.1 Å². The molecule has 0 rings (SSSR count). The van der Waals surface area contributed by atoms with E-state index in [0.717, 1.165) is 49.5 Å². The Morgan fingerprint density at radius 3 is 2.05 bits per heavy atom. The number of nitrogens with one attached hydrogen (secondary N) is 1. The third kappa shape index (κ3) is 14.1. The molecule has 4 heteroatoms. The van der Waals surface area contributed by atoms with E-state index in [1.54, 1.807) is 0 Å². The maximum absolute atomic E-state index is 11.4. The van der Waals surface area contributed by atoms with Crippen molar-refractivity contribution in [3.63, 3.8) is 0 Å². The Labute approximate surface area is 131 Å². The second-order valence-corrected chi connectivity index (χ2v) is 5.98. The standard InChI is InChI=1S/C15H28INO2/c1-2-14(18)10-7-5-3-4-6-8-11-15(19)17-13-9-12-16/h2-13H2,1H3,(H,17,19). The zero-order chi connectivity index (χ0) is 14.3. The smallest absolute Gasteiger partial charge is 0.219 e. The van der Waals surface area contributed by atoms with Crippen LogP contribution in [-0.2, 0) is 9.59 Å². The molecule has 3 nitrogen and oxygen atoms in total. The van der Waals surface area contributed by atoms with E-state index in [1.165, 1.54) is 12.8 Å². The summed E-state index contributed by atoms with van der Waals surface area (Å²) >= 11 is 2.32. The summed E-state index contributed by atoms with van der Waals surface area (Å²) in [5.41, 5.74) is 0. The molecule has 0 aromatic rings. The van der Waals surface area contributed by atoms with Crippen LogP contribution in [0.15, 0.2) is 0 Å². The molecule has 0 heterocycles. The Morgan fingerprint density at radius 1 is 0.895 bits per heavy atom. The number of Topliss-reactive ketones (excluding diaryl/α,β-unsaturated/α-hetero) is 1. The summed E-state index contributed by atoms with van der Waals surface area (Å²) in [5.74, 6) is 0.571. The van der Waals surface area contributed by atoms with E-state index >= 15 is 0 Å². The predicted molar refractivity (Wildman–Crippen MR) is 88.7 cm³/mol. The van der Waals surface area contributed by atoms with Crippen LogP contribution in [0.2, 0.25) is 0 Å². The first kappa shape index (κ1) is 18.9. The molecule has 1 amide bonds. The Bertz CT molecular complexity index is 244. The highest BCUT2D eigenvalue weighted by molar-refractivity contribution is 14.1. The third-order valence-electron chi connectivity index (χ3n) is 3.14. The topological polar surface area (TPSA) is 46.2 Å². The largest absolute Gasteiger partial charge is 0.356 e. The normalized spacial score (nSPS) is 10.4. The summed E-state index contributed by atoms with van der Waals surface area (Å²) in [6.45, 7) is 2.74. The zero-order valence-electron chi connectivity index (χ0n) is 12.2. The third-order valence-corrected chi connectivity index (χ3v) is 3.90. The van der Waals surface area contributed by atoms with Gasteiger partial charge in [0.2, 0.25) is 5.91 Å². The van der Waals surface area contributed by atoms with Crippen LogP contribution in [0.25, 0.3) is 0 Å². The number of hydrogen-bond acceptors (Lipinski definition) is 2. The first-order valence-electron chi connectivity index (χ1n) is 7.55. The summed E-state index contributed by atoms with van der Waals surface area (Å²) in [5, 5.41) is 2.93. The Kier molecular flexibility index (Phi) is 14.2. The number of carbonyl (C=O) groups excluding carboxylic acids is 2. The summed E-state index contributed by atoms with van der Waals surface area (Å²) in [4.78, 5) is 22.5. The van der Waals surface area contributed by atoms with Gasteiger partial charge in [-0.1, -0.05) is 55.2 Å². The van der Waals surface area contributed by atoms with E-state index in [9.17, 15) is 9.59 Å². The molecule has 0 unspecified atom stereocenters. The van der Waals surface area contributed by atoms with Crippen molar-refractivity contribution in [3.8, 4) is 0 Å². The second-order valence-electron chi connectivity index (χ2n) is 4.91. The lowest BCUT2D eigenvalue weighted by atomic mass is 10.1. The van der Waals surface area contributed by atoms with Gasteiger partial charge in [0.15, 0.2) is 0 Å². The molecule has 19 heavy (non-hydrogen) atoms. The average Bonchev–Trinajstić information content (AvgIpc) is 2.41. The van der Waals surface area contributed by atoms with Gasteiger partial charge in [0.05, 0.1) is 0 Å². The predicted octanol–water partition coefficient (Wildman–Crippen LogP) is 4.03. The average molecular weight is 381 g/mol. The van der Waals surface area contributed by atoms with Crippen molar-refractivity contribution in [3.05, 3.63) is 0 Å². The first-order chi connectivity index (χ1) is 9.20. The SMILES string of the molecule is CCC(=O)CCCCCCCCC(=O)NCCCI. The quantitative estimate of drug-likeness (QED) is 0.298. The lowest BCUT2D eigenvalue weighted by Crippen LogP contribution is -2.24. The van der Waals surface area contributed by atoms with Crippen LogP contribution in [0.5, 0.6) is 0 Å². The van der Waals surface area contributed by atoms with Crippen LogP contribution in [0.3, 0.4) is 0 Å². The van der Waals surface area contributed by atoms with Gasteiger partial charge < -0.3 is 5.32 Å². The lowest BCUT2D eigenvalue weighted by Gasteiger charge is -2.04. The van der Waals surface area contributed by atoms with Crippen LogP contribution < -0.4 is 5.32 Å². The summed E-state index contributed by atoms with van der Waals surface area (Å²) < 4.78 is 1.10. The summed E-state index contributed by atoms with van der Waals surface area (Å²) in [6, 6.07) is 0. The second kappa shape index (κ2) is 14.3. The number of ketones is 1. The molecule has 0 radical (unpaired) electrons. The van der Waals surface area contributed by atoms with Gasteiger partial charge >= 0.3 is 0 Å². The van der Waals surface area contributed by atoms with E-state index in [-0.39, 0.29) is 5.91 Å². The Balaban J connectivity index is 3.18. The van der Waals surface area contributed by atoms with Crippen molar-refractivity contribution in [2.75, 3.05) is 11.0 Å². The Morgan fingerprint density at radius 2 is 1.47 bits per heavy atom. The maximum atomic E-state index is 11.4. The molecule has 0 aliphatic carbocycles. The fraction of sp³-hybridized carbons (Fsp3) is 0.867. The fourth-order valence-corrected chi connectivity index (χ4v) is 2.26. The molecule has 0 bridgehead atoms. The molecule has 0 aromatic carbocycles. The van der Waals surface area contributed by atoms with E-state index in [4.69, 9.17) is 0 Å². The molecule has 0 saturated carbocycles. The van der Waals surface area contributed by atoms with Gasteiger partial charge in [0.1, 0.15) is 5.78 Å². The molecule has 0 aliphatic heterocycles. The molecule has 0 aromatic heterocycles. The van der Waals surface area contributed by atoms with Gasteiger partial charge in [0, 0.05) is 30.2 Å². The van der Waals surface area contributed by atoms with Gasteiger partial charge in [-0.25, -0.2) is 0 Å². The number of rotatable bonds is 13. The van der Waals surface area contributed by atoms with Gasteiger partial charge in [-0.05, 0) is 19.3 Å². The van der Waals surface area contributed by atoms with Gasteiger partial charge in [-0.3, -0.25) is 9.59 Å². The van der Waals surface area contributed by atoms with E-state index in [1.807, 2.05) is 6.92 Å². The number of unbranched alkanes of at least 4 members (excludes halogenated alkanes) is 5. The van der Waals surface area contributed by atoms with Crippen molar-refractivity contribution in [1.29, 1.82) is 0 Å². The van der Waals surface area contributed by atoms with E-state index in [0.29, 0.717) is 18.6 Å². The fourth-order valence-electron chi connectivity index (χ4n) is 1.87. The highest BCUT2D eigenvalue weighted by Gasteiger charge is 2.00. The molecule has 0 saturated heterocycles. The molecule has 1 N–H and O–H groups in total. The minimum atomic E-state index is 0.193. The van der Waals surface area contributed by atoms with Crippen molar-refractivity contribution >= 4 is 34.3 Å².